The molecule has 124 valence electrons. The van der Waals surface area contributed by atoms with Crippen molar-refractivity contribution < 1.29 is 4.79 Å². The number of carbonyl (C=O) groups excluding carboxylic acids is 1. The predicted molar refractivity (Wildman–Crippen MR) is 90.7 cm³/mol. The highest BCUT2D eigenvalue weighted by Gasteiger charge is 2.26. The summed E-state index contributed by atoms with van der Waals surface area (Å²) < 4.78 is 3.82. The Morgan fingerprint density at radius 1 is 1.42 bits per heavy atom. The molecule has 4 heterocycles. The van der Waals surface area contributed by atoms with Gasteiger partial charge in [0.15, 0.2) is 0 Å². The van der Waals surface area contributed by atoms with Gasteiger partial charge in [0.25, 0.3) is 5.91 Å². The maximum absolute atomic E-state index is 12.8. The van der Waals surface area contributed by atoms with Gasteiger partial charge in [-0.3, -0.25) is 9.48 Å². The first-order valence-electron chi connectivity index (χ1n) is 7.92. The van der Waals surface area contributed by atoms with Crippen LogP contribution >= 0.6 is 11.3 Å². The number of thiazole rings is 1. The summed E-state index contributed by atoms with van der Waals surface area (Å²) >= 11 is 1.48. The van der Waals surface area contributed by atoms with Crippen molar-refractivity contribution in [2.75, 3.05) is 13.1 Å². The number of imidazole rings is 1. The minimum absolute atomic E-state index is 0.00575. The summed E-state index contributed by atoms with van der Waals surface area (Å²) in [5, 5.41) is 6.82. The van der Waals surface area contributed by atoms with Gasteiger partial charge < -0.3 is 9.47 Å². The Kier molecular flexibility index (Phi) is 3.89. The molecule has 1 unspecified atom stereocenters. The second kappa shape index (κ2) is 6.20. The molecular weight excluding hydrogens is 324 g/mol. The summed E-state index contributed by atoms with van der Waals surface area (Å²) in [7, 11) is 1.87. The van der Waals surface area contributed by atoms with E-state index < -0.39 is 0 Å². The Balaban J connectivity index is 1.50. The standard InChI is InChI=1S/C16H18N6OS/c1-20-8-12(7-18-20)15-19-14(10-24-15)16(23)21-5-2-3-13(9-21)22-6-4-17-11-22/h4,6-8,10-11,13H,2-3,5,9H2,1H3. The number of hydrogen-bond acceptors (Lipinski definition) is 5. The van der Waals surface area contributed by atoms with Crippen LogP contribution in [0.2, 0.25) is 0 Å². The quantitative estimate of drug-likeness (QED) is 0.732. The fourth-order valence-corrected chi connectivity index (χ4v) is 3.84. The molecule has 3 aromatic heterocycles. The average molecular weight is 342 g/mol. The fraction of sp³-hybridized carbons (Fsp3) is 0.375. The summed E-state index contributed by atoms with van der Waals surface area (Å²) in [4.78, 5) is 23.3. The predicted octanol–water partition coefficient (Wildman–Crippen LogP) is 2.22. The monoisotopic (exact) mass is 342 g/mol. The molecule has 0 aliphatic carbocycles. The molecule has 0 bridgehead atoms. The first kappa shape index (κ1) is 15.1. The lowest BCUT2D eigenvalue weighted by Crippen LogP contribution is -2.40. The van der Waals surface area contributed by atoms with Crippen molar-refractivity contribution in [3.8, 4) is 10.6 Å². The van der Waals surface area contributed by atoms with Crippen LogP contribution in [-0.2, 0) is 7.05 Å². The van der Waals surface area contributed by atoms with Crippen molar-refractivity contribution in [3.63, 3.8) is 0 Å². The van der Waals surface area contributed by atoms with Gasteiger partial charge in [-0.1, -0.05) is 0 Å². The average Bonchev–Trinajstić information content (AvgIpc) is 3.35. The summed E-state index contributed by atoms with van der Waals surface area (Å²) in [6.07, 6.45) is 11.3. The van der Waals surface area contributed by atoms with Crippen LogP contribution in [0.3, 0.4) is 0 Å². The van der Waals surface area contributed by atoms with Gasteiger partial charge in [0, 0.05) is 49.7 Å². The highest BCUT2D eigenvalue weighted by atomic mass is 32.1. The van der Waals surface area contributed by atoms with Crippen molar-refractivity contribution >= 4 is 17.2 Å². The summed E-state index contributed by atoms with van der Waals surface area (Å²) in [5.41, 5.74) is 1.46. The number of piperidine rings is 1. The van der Waals surface area contributed by atoms with E-state index >= 15 is 0 Å². The van der Waals surface area contributed by atoms with E-state index in [9.17, 15) is 4.79 Å². The van der Waals surface area contributed by atoms with E-state index in [1.807, 2.05) is 36.0 Å². The van der Waals surface area contributed by atoms with Gasteiger partial charge in [0.1, 0.15) is 10.7 Å². The topological polar surface area (TPSA) is 68.8 Å². The van der Waals surface area contributed by atoms with E-state index in [2.05, 4.69) is 19.6 Å². The molecule has 3 aromatic rings. The molecule has 0 spiro atoms. The van der Waals surface area contributed by atoms with Crippen molar-refractivity contribution in [2.45, 2.75) is 18.9 Å². The van der Waals surface area contributed by atoms with Crippen LogP contribution in [0.15, 0.2) is 36.5 Å². The Bertz CT molecular complexity index is 837. The van der Waals surface area contributed by atoms with E-state index in [4.69, 9.17) is 0 Å². The zero-order chi connectivity index (χ0) is 16.5. The van der Waals surface area contributed by atoms with Crippen LogP contribution in [0.1, 0.15) is 29.4 Å². The van der Waals surface area contributed by atoms with E-state index in [1.165, 1.54) is 11.3 Å². The molecule has 1 amide bonds. The molecule has 8 heteroatoms. The number of hydrogen-bond donors (Lipinski definition) is 0. The molecule has 1 fully saturated rings. The Morgan fingerprint density at radius 3 is 3.08 bits per heavy atom. The number of carbonyl (C=O) groups is 1. The zero-order valence-electron chi connectivity index (χ0n) is 13.4. The first-order valence-corrected chi connectivity index (χ1v) is 8.80. The minimum atomic E-state index is 0.00575. The second-order valence-corrected chi connectivity index (χ2v) is 6.86. The molecule has 0 aromatic carbocycles. The summed E-state index contributed by atoms with van der Waals surface area (Å²) in [5.74, 6) is 0.00575. The SMILES string of the molecule is Cn1cc(-c2nc(C(=O)N3CCCC(n4ccnc4)C3)cs2)cn1. The summed E-state index contributed by atoms with van der Waals surface area (Å²) in [6, 6.07) is 0.293. The maximum Gasteiger partial charge on any atom is 0.273 e. The molecule has 1 aliphatic rings. The van der Waals surface area contributed by atoms with Crippen LogP contribution in [0.5, 0.6) is 0 Å². The molecule has 1 atom stereocenters. The lowest BCUT2D eigenvalue weighted by atomic mass is 10.1. The second-order valence-electron chi connectivity index (χ2n) is 6.00. The molecule has 0 radical (unpaired) electrons. The Labute approximate surface area is 143 Å². The van der Waals surface area contributed by atoms with Gasteiger partial charge in [-0.05, 0) is 12.8 Å². The van der Waals surface area contributed by atoms with E-state index in [0.29, 0.717) is 18.3 Å². The molecule has 0 N–H and O–H groups in total. The molecule has 24 heavy (non-hydrogen) atoms. The lowest BCUT2D eigenvalue weighted by molar-refractivity contribution is 0.0674. The van der Waals surface area contributed by atoms with E-state index in [1.54, 1.807) is 17.1 Å². The smallest absolute Gasteiger partial charge is 0.273 e. The first-order chi connectivity index (χ1) is 11.7. The molecule has 0 saturated carbocycles. The van der Waals surface area contributed by atoms with E-state index in [0.717, 1.165) is 30.0 Å². The van der Waals surface area contributed by atoms with Crippen LogP contribution < -0.4 is 0 Å². The van der Waals surface area contributed by atoms with Gasteiger partial charge in [-0.2, -0.15) is 5.10 Å². The fourth-order valence-electron chi connectivity index (χ4n) is 3.07. The van der Waals surface area contributed by atoms with Gasteiger partial charge in [-0.15, -0.1) is 11.3 Å². The van der Waals surface area contributed by atoms with Gasteiger partial charge in [0.2, 0.25) is 0 Å². The van der Waals surface area contributed by atoms with Crippen molar-refractivity contribution in [1.82, 2.24) is 29.2 Å². The van der Waals surface area contributed by atoms with Crippen molar-refractivity contribution in [1.29, 1.82) is 0 Å². The third-order valence-corrected chi connectivity index (χ3v) is 5.20. The zero-order valence-corrected chi connectivity index (χ0v) is 14.2. The molecule has 7 nitrogen and oxygen atoms in total. The number of rotatable bonds is 3. The van der Waals surface area contributed by atoms with Crippen LogP contribution in [0, 0.1) is 0 Å². The molecule has 1 saturated heterocycles. The van der Waals surface area contributed by atoms with Crippen LogP contribution in [-0.4, -0.2) is 48.2 Å². The van der Waals surface area contributed by atoms with Crippen LogP contribution in [0.25, 0.3) is 10.6 Å². The summed E-state index contributed by atoms with van der Waals surface area (Å²) in [6.45, 7) is 1.48. The number of aryl methyl sites for hydroxylation is 1. The maximum atomic E-state index is 12.8. The number of aromatic nitrogens is 5. The van der Waals surface area contributed by atoms with Crippen molar-refractivity contribution in [2.24, 2.45) is 7.05 Å². The molecular formula is C16H18N6OS. The Morgan fingerprint density at radius 2 is 2.33 bits per heavy atom. The number of amides is 1. The van der Waals surface area contributed by atoms with E-state index in [-0.39, 0.29) is 5.91 Å². The minimum Gasteiger partial charge on any atom is -0.335 e. The van der Waals surface area contributed by atoms with Crippen LogP contribution in [0.4, 0.5) is 0 Å². The van der Waals surface area contributed by atoms with Crippen molar-refractivity contribution in [3.05, 3.63) is 42.2 Å². The number of likely N-dealkylation sites (tertiary alicyclic amines) is 1. The largest absolute Gasteiger partial charge is 0.335 e. The highest BCUT2D eigenvalue weighted by Crippen LogP contribution is 2.26. The third kappa shape index (κ3) is 2.84. The molecule has 4 rings (SSSR count). The molecule has 1 aliphatic heterocycles. The normalized spacial score (nSPS) is 18.0. The number of nitrogens with zero attached hydrogens (tertiary/aromatic N) is 6. The third-order valence-electron chi connectivity index (χ3n) is 4.31. The highest BCUT2D eigenvalue weighted by molar-refractivity contribution is 7.13. The van der Waals surface area contributed by atoms with Gasteiger partial charge in [0.05, 0.1) is 18.6 Å². The lowest BCUT2D eigenvalue weighted by Gasteiger charge is -2.32. The Hall–Kier alpha value is -2.48. The van der Waals surface area contributed by atoms with Gasteiger partial charge in [-0.25, -0.2) is 9.97 Å². The van der Waals surface area contributed by atoms with Gasteiger partial charge >= 0.3 is 0 Å².